The maximum absolute atomic E-state index is 5.95. The first kappa shape index (κ1) is 15.9. The van der Waals surface area contributed by atoms with Gasteiger partial charge >= 0.3 is 0 Å². The molecule has 3 atom stereocenters. The number of hydrogen-bond acceptors (Lipinski definition) is 5. The molecule has 1 aliphatic rings. The molecule has 1 saturated carbocycles. The minimum Gasteiger partial charge on any atom is -0.330 e. The van der Waals surface area contributed by atoms with Gasteiger partial charge in [0.05, 0.1) is 0 Å². The molecule has 0 aromatic rings. The summed E-state index contributed by atoms with van der Waals surface area (Å²) in [5, 5.41) is 0. The average Bonchev–Trinajstić information content (AvgIpc) is 2.13. The Morgan fingerprint density at radius 2 is 1.67 bits per heavy atom. The summed E-state index contributed by atoms with van der Waals surface area (Å²) < 4.78 is 0. The van der Waals surface area contributed by atoms with E-state index in [2.05, 4.69) is 20.8 Å². The van der Waals surface area contributed by atoms with Gasteiger partial charge in [-0.25, -0.2) is 0 Å². The lowest BCUT2D eigenvalue weighted by atomic mass is 9.57. The lowest BCUT2D eigenvalue weighted by molar-refractivity contribution is 0.0158. The van der Waals surface area contributed by atoms with E-state index in [0.717, 1.165) is 19.3 Å². The molecule has 1 rings (SSSR count). The van der Waals surface area contributed by atoms with Crippen LogP contribution in [0.1, 0.15) is 40.0 Å². The molecule has 10 N–H and O–H groups in total. The third-order valence-electron chi connectivity index (χ3n) is 4.43. The molecular formula is C13H31N5. The predicted octanol–water partition coefficient (Wildman–Crippen LogP) is -0.117. The van der Waals surface area contributed by atoms with E-state index in [1.54, 1.807) is 0 Å². The summed E-state index contributed by atoms with van der Waals surface area (Å²) in [6.07, 6.45) is 3.18. The first-order valence-corrected chi connectivity index (χ1v) is 6.80. The van der Waals surface area contributed by atoms with Crippen molar-refractivity contribution >= 4 is 0 Å². The standard InChI is InChI=1S/C13H31N5/c1-11(2)4-9(5-12(3,7-11)8-15)10(6-14)13(16,17)18/h9-10H,4-8,14-18H2,1-3H3. The van der Waals surface area contributed by atoms with Crippen LogP contribution in [0.4, 0.5) is 0 Å². The van der Waals surface area contributed by atoms with Gasteiger partial charge in [-0.1, -0.05) is 20.8 Å². The van der Waals surface area contributed by atoms with Crippen molar-refractivity contribution < 1.29 is 0 Å². The number of rotatable bonds is 4. The van der Waals surface area contributed by atoms with Crippen LogP contribution in [-0.2, 0) is 0 Å². The molecule has 18 heavy (non-hydrogen) atoms. The Kier molecular flexibility index (Phi) is 4.45. The quantitative estimate of drug-likeness (QED) is 0.448. The van der Waals surface area contributed by atoms with E-state index in [0.29, 0.717) is 19.0 Å². The minimum atomic E-state index is -1.21. The highest BCUT2D eigenvalue weighted by atomic mass is 15.1. The van der Waals surface area contributed by atoms with E-state index in [4.69, 9.17) is 28.7 Å². The largest absolute Gasteiger partial charge is 0.330 e. The second-order valence-corrected chi connectivity index (χ2v) is 7.37. The zero-order valence-electron chi connectivity index (χ0n) is 12.1. The molecule has 3 unspecified atom stereocenters. The maximum atomic E-state index is 5.95. The summed E-state index contributed by atoms with van der Waals surface area (Å²) in [5.41, 5.74) is 29.8. The highest BCUT2D eigenvalue weighted by Crippen LogP contribution is 2.50. The second-order valence-electron chi connectivity index (χ2n) is 7.37. The van der Waals surface area contributed by atoms with E-state index in [9.17, 15) is 0 Å². The molecular weight excluding hydrogens is 226 g/mol. The smallest absolute Gasteiger partial charge is 0.120 e. The van der Waals surface area contributed by atoms with Gasteiger partial charge in [0.2, 0.25) is 0 Å². The van der Waals surface area contributed by atoms with Crippen molar-refractivity contribution in [3.63, 3.8) is 0 Å². The maximum Gasteiger partial charge on any atom is 0.120 e. The highest BCUT2D eigenvalue weighted by molar-refractivity contribution is 4.97. The number of nitrogens with two attached hydrogens (primary N) is 5. The van der Waals surface area contributed by atoms with Crippen molar-refractivity contribution in [3.05, 3.63) is 0 Å². The van der Waals surface area contributed by atoms with Gasteiger partial charge in [-0.3, -0.25) is 0 Å². The Morgan fingerprint density at radius 1 is 1.11 bits per heavy atom. The lowest BCUT2D eigenvalue weighted by Gasteiger charge is -2.50. The van der Waals surface area contributed by atoms with Crippen LogP contribution in [0.2, 0.25) is 0 Å². The van der Waals surface area contributed by atoms with Gasteiger partial charge < -0.3 is 28.7 Å². The van der Waals surface area contributed by atoms with Crippen LogP contribution in [0.15, 0.2) is 0 Å². The molecule has 5 nitrogen and oxygen atoms in total. The molecule has 0 saturated heterocycles. The zero-order valence-corrected chi connectivity index (χ0v) is 12.1. The van der Waals surface area contributed by atoms with E-state index in [-0.39, 0.29) is 16.7 Å². The average molecular weight is 257 g/mol. The summed E-state index contributed by atoms with van der Waals surface area (Å²) in [5.74, 6) is -0.933. The van der Waals surface area contributed by atoms with E-state index < -0.39 is 5.79 Å². The third kappa shape index (κ3) is 3.65. The Morgan fingerprint density at radius 3 is 2.06 bits per heavy atom. The van der Waals surface area contributed by atoms with Crippen LogP contribution in [-0.4, -0.2) is 18.9 Å². The molecule has 1 aliphatic carbocycles. The summed E-state index contributed by atoms with van der Waals surface area (Å²) in [6.45, 7) is 7.87. The van der Waals surface area contributed by atoms with Crippen LogP contribution >= 0.6 is 0 Å². The Balaban J connectivity index is 2.94. The fraction of sp³-hybridized carbons (Fsp3) is 1.00. The molecule has 0 heterocycles. The Labute approximate surface area is 111 Å². The summed E-state index contributed by atoms with van der Waals surface area (Å²) >= 11 is 0. The molecule has 0 radical (unpaired) electrons. The van der Waals surface area contributed by atoms with Gasteiger partial charge in [0.25, 0.3) is 0 Å². The first-order valence-electron chi connectivity index (χ1n) is 6.80. The molecule has 0 aliphatic heterocycles. The van der Waals surface area contributed by atoms with Gasteiger partial charge in [-0.2, -0.15) is 0 Å². The second kappa shape index (κ2) is 5.06. The predicted molar refractivity (Wildman–Crippen MR) is 76.1 cm³/mol. The van der Waals surface area contributed by atoms with Crippen LogP contribution < -0.4 is 28.7 Å². The number of hydrogen-bond donors (Lipinski definition) is 5. The molecule has 108 valence electrons. The van der Waals surface area contributed by atoms with Crippen molar-refractivity contribution in [2.24, 2.45) is 51.3 Å². The fourth-order valence-electron chi connectivity index (χ4n) is 3.96. The van der Waals surface area contributed by atoms with Crippen molar-refractivity contribution in [3.8, 4) is 0 Å². The van der Waals surface area contributed by atoms with Crippen LogP contribution in [0.5, 0.6) is 0 Å². The molecule has 5 heteroatoms. The monoisotopic (exact) mass is 257 g/mol. The Bertz CT molecular complexity index is 284. The van der Waals surface area contributed by atoms with Crippen LogP contribution in [0.3, 0.4) is 0 Å². The van der Waals surface area contributed by atoms with Crippen molar-refractivity contribution in [2.75, 3.05) is 13.1 Å². The Hall–Kier alpha value is -0.200. The normalized spacial score (nSPS) is 34.3. The SMILES string of the molecule is CC1(C)CC(C(CN)C(N)(N)N)CC(C)(CN)C1. The first-order chi connectivity index (χ1) is 8.03. The van der Waals surface area contributed by atoms with Gasteiger partial charge in [0.1, 0.15) is 5.79 Å². The van der Waals surface area contributed by atoms with E-state index in [1.807, 2.05) is 0 Å². The van der Waals surface area contributed by atoms with Crippen LogP contribution in [0, 0.1) is 22.7 Å². The van der Waals surface area contributed by atoms with Crippen LogP contribution in [0.25, 0.3) is 0 Å². The highest BCUT2D eigenvalue weighted by Gasteiger charge is 2.45. The molecule has 1 fully saturated rings. The zero-order chi connectivity index (χ0) is 14.2. The molecule has 0 aromatic carbocycles. The van der Waals surface area contributed by atoms with Gasteiger partial charge in [0, 0.05) is 5.92 Å². The van der Waals surface area contributed by atoms with Gasteiger partial charge in [-0.15, -0.1) is 0 Å². The van der Waals surface area contributed by atoms with E-state index in [1.165, 1.54) is 0 Å². The lowest BCUT2D eigenvalue weighted by Crippen LogP contribution is -2.67. The van der Waals surface area contributed by atoms with Crippen molar-refractivity contribution in [1.29, 1.82) is 0 Å². The van der Waals surface area contributed by atoms with Crippen molar-refractivity contribution in [2.45, 2.75) is 45.8 Å². The van der Waals surface area contributed by atoms with Crippen molar-refractivity contribution in [1.82, 2.24) is 0 Å². The topological polar surface area (TPSA) is 130 Å². The van der Waals surface area contributed by atoms with Gasteiger partial charge in [-0.05, 0) is 49.1 Å². The minimum absolute atomic E-state index is 0.0667. The summed E-state index contributed by atoms with van der Waals surface area (Å²) in [7, 11) is 0. The molecule has 0 spiro atoms. The molecule has 0 amide bonds. The molecule has 0 bridgehead atoms. The summed E-state index contributed by atoms with van der Waals surface area (Å²) in [6, 6.07) is 0. The van der Waals surface area contributed by atoms with Gasteiger partial charge in [0.15, 0.2) is 0 Å². The fourth-order valence-corrected chi connectivity index (χ4v) is 3.96. The van der Waals surface area contributed by atoms with E-state index >= 15 is 0 Å². The third-order valence-corrected chi connectivity index (χ3v) is 4.43. The molecule has 0 aromatic heterocycles. The summed E-state index contributed by atoms with van der Waals surface area (Å²) in [4.78, 5) is 0.